The Labute approximate surface area is 238 Å². The molecule has 9 heteroatoms. The molecule has 6 rings (SSSR count). The molecule has 0 saturated carbocycles. The molecule has 0 bridgehead atoms. The van der Waals surface area contributed by atoms with E-state index in [1.807, 2.05) is 91.2 Å². The highest BCUT2D eigenvalue weighted by molar-refractivity contribution is 5.85. The first kappa shape index (κ1) is 26.5. The molecule has 2 N–H and O–H groups in total. The molecule has 1 aliphatic rings. The number of fused-ring (bicyclic) bond motifs is 2. The van der Waals surface area contributed by atoms with Gasteiger partial charge in [0.1, 0.15) is 11.7 Å². The Balaban J connectivity index is 1.42. The first-order valence-corrected chi connectivity index (χ1v) is 13.8. The summed E-state index contributed by atoms with van der Waals surface area (Å²) in [7, 11) is 0. The average molecular weight is 549 g/mol. The predicted octanol–water partition coefficient (Wildman–Crippen LogP) is 5.47. The minimum absolute atomic E-state index is 0.0609. The van der Waals surface area contributed by atoms with E-state index in [1.165, 1.54) is 0 Å². The SMILES string of the molecule is CC(C)C(Nc1ccc(-c2c(C=Cc3ccc4ccccc4n3)nc3c(N4CCOCC4)ccnn23)cc1)C(=O)O. The van der Waals surface area contributed by atoms with E-state index in [0.29, 0.717) is 13.2 Å². The van der Waals surface area contributed by atoms with E-state index in [4.69, 9.17) is 19.8 Å². The Morgan fingerprint density at radius 1 is 0.976 bits per heavy atom. The average Bonchev–Trinajstić information content (AvgIpc) is 3.37. The van der Waals surface area contributed by atoms with Crippen molar-refractivity contribution in [2.24, 2.45) is 5.92 Å². The lowest BCUT2D eigenvalue weighted by molar-refractivity contribution is -0.138. The summed E-state index contributed by atoms with van der Waals surface area (Å²) in [5.41, 5.74) is 6.81. The molecule has 1 fully saturated rings. The van der Waals surface area contributed by atoms with E-state index in [0.717, 1.165) is 63.7 Å². The molecule has 41 heavy (non-hydrogen) atoms. The Hall–Kier alpha value is -4.76. The van der Waals surface area contributed by atoms with E-state index in [-0.39, 0.29) is 5.92 Å². The summed E-state index contributed by atoms with van der Waals surface area (Å²) in [6, 6.07) is 21.2. The number of carboxylic acid groups (broad SMARTS) is 1. The summed E-state index contributed by atoms with van der Waals surface area (Å²) in [6.45, 7) is 6.69. The number of nitrogens with zero attached hydrogens (tertiary/aromatic N) is 5. The molecule has 0 amide bonds. The number of carboxylic acids is 1. The number of morpholine rings is 1. The Morgan fingerprint density at radius 3 is 2.51 bits per heavy atom. The van der Waals surface area contributed by atoms with Gasteiger partial charge in [0.05, 0.1) is 42.0 Å². The van der Waals surface area contributed by atoms with Gasteiger partial charge in [-0.25, -0.2) is 19.3 Å². The van der Waals surface area contributed by atoms with Crippen LogP contribution in [0.2, 0.25) is 0 Å². The quantitative estimate of drug-likeness (QED) is 0.263. The standard InChI is InChI=1S/C32H32N6O3/c1-21(2)29(32(39)40)35-25-11-8-23(9-12-25)30-27(14-13-24-10-7-22-5-3-4-6-26(22)34-24)36-31-28(15-16-33-38(30)31)37-17-19-41-20-18-37/h3-16,21,29,35H,17-20H2,1-2H3,(H,39,40). The first-order valence-electron chi connectivity index (χ1n) is 13.8. The maximum absolute atomic E-state index is 11.7. The van der Waals surface area contributed by atoms with Crippen LogP contribution in [0.5, 0.6) is 0 Å². The van der Waals surface area contributed by atoms with E-state index in [9.17, 15) is 9.90 Å². The zero-order valence-corrected chi connectivity index (χ0v) is 23.1. The minimum atomic E-state index is -0.875. The monoisotopic (exact) mass is 548 g/mol. The van der Waals surface area contributed by atoms with Crippen molar-refractivity contribution in [2.45, 2.75) is 19.9 Å². The number of benzene rings is 2. The van der Waals surface area contributed by atoms with Crippen molar-refractivity contribution < 1.29 is 14.6 Å². The van der Waals surface area contributed by atoms with Crippen LogP contribution in [0.25, 0.3) is 40.0 Å². The highest BCUT2D eigenvalue weighted by Gasteiger charge is 2.22. The summed E-state index contributed by atoms with van der Waals surface area (Å²) in [5, 5.41) is 18.5. The number of carbonyl (C=O) groups is 1. The van der Waals surface area contributed by atoms with Crippen LogP contribution in [0, 0.1) is 5.92 Å². The van der Waals surface area contributed by atoms with E-state index in [1.54, 1.807) is 6.20 Å². The number of pyridine rings is 1. The molecular formula is C32H32N6O3. The Kier molecular flexibility index (Phi) is 7.35. The fraction of sp³-hybridized carbons (Fsp3) is 0.250. The van der Waals surface area contributed by atoms with Gasteiger partial charge < -0.3 is 20.1 Å². The van der Waals surface area contributed by atoms with Crippen LogP contribution in [0.4, 0.5) is 11.4 Å². The molecule has 2 aromatic carbocycles. The van der Waals surface area contributed by atoms with Crippen LogP contribution in [0.3, 0.4) is 0 Å². The number of hydrogen-bond donors (Lipinski definition) is 2. The third kappa shape index (κ3) is 5.49. The fourth-order valence-electron chi connectivity index (χ4n) is 5.15. The van der Waals surface area contributed by atoms with Crippen LogP contribution in [0.15, 0.2) is 72.9 Å². The molecule has 0 radical (unpaired) electrons. The number of anilines is 2. The third-order valence-electron chi connectivity index (χ3n) is 7.32. The number of rotatable bonds is 8. The van der Waals surface area contributed by atoms with Gasteiger partial charge in [-0.2, -0.15) is 5.10 Å². The summed E-state index contributed by atoms with van der Waals surface area (Å²) in [4.78, 5) is 23.8. The third-order valence-corrected chi connectivity index (χ3v) is 7.32. The number of aromatic nitrogens is 4. The number of ether oxygens (including phenoxy) is 1. The largest absolute Gasteiger partial charge is 0.480 e. The molecule has 1 atom stereocenters. The number of para-hydroxylation sites is 1. The van der Waals surface area contributed by atoms with Gasteiger partial charge in [-0.3, -0.25) is 0 Å². The summed E-state index contributed by atoms with van der Waals surface area (Å²) < 4.78 is 7.46. The second-order valence-electron chi connectivity index (χ2n) is 10.4. The Bertz CT molecular complexity index is 1720. The van der Waals surface area contributed by atoms with Crippen LogP contribution >= 0.6 is 0 Å². The molecule has 4 heterocycles. The smallest absolute Gasteiger partial charge is 0.326 e. The Morgan fingerprint density at radius 2 is 1.76 bits per heavy atom. The lowest BCUT2D eigenvalue weighted by Gasteiger charge is -2.28. The lowest BCUT2D eigenvalue weighted by Crippen LogP contribution is -2.36. The van der Waals surface area contributed by atoms with Crippen molar-refractivity contribution in [3.8, 4) is 11.3 Å². The number of hydrogen-bond acceptors (Lipinski definition) is 7. The van der Waals surface area contributed by atoms with Gasteiger partial charge in [-0.15, -0.1) is 0 Å². The van der Waals surface area contributed by atoms with Gasteiger partial charge in [0.15, 0.2) is 5.65 Å². The zero-order valence-electron chi connectivity index (χ0n) is 23.1. The number of nitrogens with one attached hydrogen (secondary N) is 1. The van der Waals surface area contributed by atoms with Crippen LogP contribution in [-0.2, 0) is 9.53 Å². The van der Waals surface area contributed by atoms with Crippen molar-refractivity contribution in [2.75, 3.05) is 36.5 Å². The predicted molar refractivity (Wildman–Crippen MR) is 162 cm³/mol. The van der Waals surface area contributed by atoms with Gasteiger partial charge in [0.25, 0.3) is 0 Å². The molecule has 1 aliphatic heterocycles. The van der Waals surface area contributed by atoms with Crippen LogP contribution in [0.1, 0.15) is 25.2 Å². The van der Waals surface area contributed by atoms with E-state index < -0.39 is 12.0 Å². The highest BCUT2D eigenvalue weighted by Crippen LogP contribution is 2.31. The normalized spacial score (nSPS) is 14.8. The highest BCUT2D eigenvalue weighted by atomic mass is 16.5. The minimum Gasteiger partial charge on any atom is -0.480 e. The molecule has 1 saturated heterocycles. The summed E-state index contributed by atoms with van der Waals surface area (Å²) in [6.07, 6.45) is 5.76. The molecule has 0 spiro atoms. The van der Waals surface area contributed by atoms with Crippen molar-refractivity contribution in [1.29, 1.82) is 0 Å². The molecule has 208 valence electrons. The van der Waals surface area contributed by atoms with E-state index >= 15 is 0 Å². The second-order valence-corrected chi connectivity index (χ2v) is 10.4. The molecule has 0 aliphatic carbocycles. The maximum atomic E-state index is 11.7. The molecule has 1 unspecified atom stereocenters. The molecule has 5 aromatic rings. The maximum Gasteiger partial charge on any atom is 0.326 e. The molecule has 9 nitrogen and oxygen atoms in total. The summed E-state index contributed by atoms with van der Waals surface area (Å²) >= 11 is 0. The van der Waals surface area contributed by atoms with Crippen LogP contribution in [-0.4, -0.2) is 63.0 Å². The van der Waals surface area contributed by atoms with Crippen molar-refractivity contribution in [3.05, 3.63) is 84.3 Å². The lowest BCUT2D eigenvalue weighted by atomic mass is 10.0. The van der Waals surface area contributed by atoms with Crippen molar-refractivity contribution >= 4 is 46.0 Å². The van der Waals surface area contributed by atoms with Gasteiger partial charge in [0, 0.05) is 29.7 Å². The first-order chi connectivity index (χ1) is 20.0. The van der Waals surface area contributed by atoms with Crippen molar-refractivity contribution in [3.63, 3.8) is 0 Å². The topological polar surface area (TPSA) is 105 Å². The molecular weight excluding hydrogens is 516 g/mol. The van der Waals surface area contributed by atoms with Gasteiger partial charge in [-0.05, 0) is 48.4 Å². The zero-order chi connectivity index (χ0) is 28.3. The van der Waals surface area contributed by atoms with Crippen molar-refractivity contribution in [1.82, 2.24) is 19.6 Å². The fourth-order valence-corrected chi connectivity index (χ4v) is 5.15. The van der Waals surface area contributed by atoms with Gasteiger partial charge >= 0.3 is 5.97 Å². The molecule has 3 aromatic heterocycles. The summed E-state index contributed by atoms with van der Waals surface area (Å²) in [5.74, 6) is -0.936. The van der Waals surface area contributed by atoms with E-state index in [2.05, 4.69) is 16.3 Å². The second kappa shape index (κ2) is 11.4. The van der Waals surface area contributed by atoms with Gasteiger partial charge in [-0.1, -0.05) is 50.2 Å². The number of imidazole rings is 1. The van der Waals surface area contributed by atoms with Crippen LogP contribution < -0.4 is 10.2 Å². The number of aliphatic carboxylic acids is 1. The van der Waals surface area contributed by atoms with Gasteiger partial charge in [0.2, 0.25) is 0 Å².